The van der Waals surface area contributed by atoms with Crippen LogP contribution in [0.2, 0.25) is 0 Å². The maximum absolute atomic E-state index is 12.9. The van der Waals surface area contributed by atoms with Crippen LogP contribution in [-0.4, -0.2) is 39.6 Å². The minimum absolute atomic E-state index is 0.261. The number of nitrogens with one attached hydrogen (secondary N) is 1. The number of carbonyl (C=O) groups is 2. The third-order valence-electron chi connectivity index (χ3n) is 4.32. The summed E-state index contributed by atoms with van der Waals surface area (Å²) in [5.41, 5.74) is 2.68. The summed E-state index contributed by atoms with van der Waals surface area (Å²) in [5, 5.41) is 2.62. The lowest BCUT2D eigenvalue weighted by Gasteiger charge is -2.25. The van der Waals surface area contributed by atoms with Gasteiger partial charge < -0.3 is 10.2 Å². The van der Waals surface area contributed by atoms with Crippen LogP contribution in [0.3, 0.4) is 0 Å². The minimum atomic E-state index is -3.69. The van der Waals surface area contributed by atoms with E-state index in [-0.39, 0.29) is 18.4 Å². The van der Waals surface area contributed by atoms with E-state index in [1.807, 2.05) is 24.3 Å². The van der Waals surface area contributed by atoms with E-state index in [0.717, 1.165) is 28.2 Å². The Balaban J connectivity index is 1.87. The smallest absolute Gasteiger partial charge is 0.247 e. The van der Waals surface area contributed by atoms with Gasteiger partial charge in [-0.2, -0.15) is 0 Å². The lowest BCUT2D eigenvalue weighted by Crippen LogP contribution is -2.42. The summed E-state index contributed by atoms with van der Waals surface area (Å²) in [6.45, 7) is 1.59. The SMILES string of the molecule is CC(=O)Nc1cccc(N(CC(=O)N2CCc3ccccc32)S(C)(=O)=O)c1. The molecule has 1 N–H and O–H groups in total. The number of hydrogen-bond donors (Lipinski definition) is 1. The average molecular weight is 387 g/mol. The quantitative estimate of drug-likeness (QED) is 0.850. The Kier molecular flexibility index (Phi) is 5.18. The van der Waals surface area contributed by atoms with E-state index in [1.54, 1.807) is 23.1 Å². The van der Waals surface area contributed by atoms with Gasteiger partial charge in [0.1, 0.15) is 6.54 Å². The molecule has 0 saturated carbocycles. The number of nitrogens with zero attached hydrogens (tertiary/aromatic N) is 2. The second-order valence-electron chi connectivity index (χ2n) is 6.43. The molecule has 0 spiro atoms. The molecule has 8 heteroatoms. The monoisotopic (exact) mass is 387 g/mol. The van der Waals surface area contributed by atoms with Crippen LogP contribution in [0.4, 0.5) is 17.1 Å². The predicted octanol–water partition coefficient (Wildman–Crippen LogP) is 2.00. The highest BCUT2D eigenvalue weighted by Gasteiger charge is 2.28. The molecular weight excluding hydrogens is 366 g/mol. The summed E-state index contributed by atoms with van der Waals surface area (Å²) in [6.07, 6.45) is 1.81. The van der Waals surface area contributed by atoms with Crippen molar-refractivity contribution in [2.24, 2.45) is 0 Å². The van der Waals surface area contributed by atoms with E-state index in [2.05, 4.69) is 5.32 Å². The number of benzene rings is 2. The first-order chi connectivity index (χ1) is 12.8. The number of hydrogen-bond acceptors (Lipinski definition) is 4. The Morgan fingerprint density at radius 1 is 1.15 bits per heavy atom. The van der Waals surface area contributed by atoms with Gasteiger partial charge in [-0.25, -0.2) is 8.42 Å². The highest BCUT2D eigenvalue weighted by atomic mass is 32.2. The molecule has 0 radical (unpaired) electrons. The van der Waals surface area contributed by atoms with Crippen molar-refractivity contribution in [2.75, 3.05) is 33.9 Å². The number of fused-ring (bicyclic) bond motifs is 1. The number of rotatable bonds is 5. The lowest BCUT2D eigenvalue weighted by molar-refractivity contribution is -0.117. The average Bonchev–Trinajstić information content (AvgIpc) is 3.02. The first-order valence-electron chi connectivity index (χ1n) is 8.49. The maximum Gasteiger partial charge on any atom is 0.247 e. The lowest BCUT2D eigenvalue weighted by atomic mass is 10.2. The molecule has 1 heterocycles. The fraction of sp³-hybridized carbons (Fsp3) is 0.263. The zero-order chi connectivity index (χ0) is 19.6. The number of amides is 2. The standard InChI is InChI=1S/C19H21N3O4S/c1-14(23)20-16-7-5-8-17(12-16)22(27(2,25)26)13-19(24)21-11-10-15-6-3-4-9-18(15)21/h3-9,12H,10-11,13H2,1-2H3,(H,20,23). The second-order valence-corrected chi connectivity index (χ2v) is 8.33. The maximum atomic E-state index is 12.9. The predicted molar refractivity (Wildman–Crippen MR) is 105 cm³/mol. The van der Waals surface area contributed by atoms with Crippen molar-refractivity contribution in [3.63, 3.8) is 0 Å². The van der Waals surface area contributed by atoms with Gasteiger partial charge in [0.25, 0.3) is 0 Å². The second kappa shape index (κ2) is 7.40. The number of carbonyl (C=O) groups excluding carboxylic acids is 2. The van der Waals surface area contributed by atoms with Crippen LogP contribution in [0.5, 0.6) is 0 Å². The van der Waals surface area contributed by atoms with Gasteiger partial charge in [-0.3, -0.25) is 13.9 Å². The minimum Gasteiger partial charge on any atom is -0.326 e. The molecule has 0 bridgehead atoms. The van der Waals surface area contributed by atoms with Crippen molar-refractivity contribution < 1.29 is 18.0 Å². The van der Waals surface area contributed by atoms with Gasteiger partial charge in [0.05, 0.1) is 11.9 Å². The highest BCUT2D eigenvalue weighted by molar-refractivity contribution is 7.92. The molecule has 2 aromatic rings. The summed E-state index contributed by atoms with van der Waals surface area (Å²) >= 11 is 0. The van der Waals surface area contributed by atoms with Gasteiger partial charge in [-0.15, -0.1) is 0 Å². The summed E-state index contributed by atoms with van der Waals surface area (Å²) < 4.78 is 25.7. The van der Waals surface area contributed by atoms with Gasteiger partial charge >= 0.3 is 0 Å². The Morgan fingerprint density at radius 2 is 1.89 bits per heavy atom. The first kappa shape index (κ1) is 18.9. The Labute approximate surface area is 158 Å². The summed E-state index contributed by atoms with van der Waals surface area (Å²) in [4.78, 5) is 25.7. The van der Waals surface area contributed by atoms with Crippen molar-refractivity contribution in [3.05, 3.63) is 54.1 Å². The van der Waals surface area contributed by atoms with Gasteiger partial charge in [0.15, 0.2) is 0 Å². The van der Waals surface area contributed by atoms with E-state index >= 15 is 0 Å². The highest BCUT2D eigenvalue weighted by Crippen LogP contribution is 2.28. The van der Waals surface area contributed by atoms with E-state index in [0.29, 0.717) is 17.9 Å². The molecule has 0 unspecified atom stereocenters. The molecule has 142 valence electrons. The first-order valence-corrected chi connectivity index (χ1v) is 10.3. The van der Waals surface area contributed by atoms with Gasteiger partial charge in [-0.05, 0) is 36.2 Å². The zero-order valence-electron chi connectivity index (χ0n) is 15.2. The van der Waals surface area contributed by atoms with Crippen LogP contribution in [0.1, 0.15) is 12.5 Å². The molecule has 0 saturated heterocycles. The van der Waals surface area contributed by atoms with Crippen molar-refractivity contribution >= 4 is 38.9 Å². The molecule has 2 amide bonds. The zero-order valence-corrected chi connectivity index (χ0v) is 16.0. The largest absolute Gasteiger partial charge is 0.326 e. The summed E-state index contributed by atoms with van der Waals surface area (Å²) in [6, 6.07) is 14.0. The summed E-state index contributed by atoms with van der Waals surface area (Å²) in [7, 11) is -3.69. The van der Waals surface area contributed by atoms with Crippen LogP contribution in [-0.2, 0) is 26.0 Å². The van der Waals surface area contributed by atoms with E-state index < -0.39 is 10.0 Å². The number of para-hydroxylation sites is 1. The molecule has 0 aromatic heterocycles. The third kappa shape index (κ3) is 4.28. The molecule has 0 fully saturated rings. The molecule has 2 aromatic carbocycles. The molecule has 0 aliphatic carbocycles. The molecule has 0 atom stereocenters. The fourth-order valence-corrected chi connectivity index (χ4v) is 3.99. The van der Waals surface area contributed by atoms with E-state index in [9.17, 15) is 18.0 Å². The number of anilines is 3. The third-order valence-corrected chi connectivity index (χ3v) is 5.46. The van der Waals surface area contributed by atoms with Crippen molar-refractivity contribution in [1.29, 1.82) is 0 Å². The molecular formula is C19H21N3O4S. The van der Waals surface area contributed by atoms with Gasteiger partial charge in [0, 0.05) is 24.8 Å². The van der Waals surface area contributed by atoms with E-state index in [1.165, 1.54) is 13.0 Å². The number of sulfonamides is 1. The summed E-state index contributed by atoms with van der Waals surface area (Å²) in [5.74, 6) is -0.557. The van der Waals surface area contributed by atoms with E-state index in [4.69, 9.17) is 0 Å². The Bertz CT molecular complexity index is 988. The van der Waals surface area contributed by atoms with Crippen molar-refractivity contribution in [3.8, 4) is 0 Å². The van der Waals surface area contributed by atoms with Crippen LogP contribution in [0.15, 0.2) is 48.5 Å². The van der Waals surface area contributed by atoms with Crippen LogP contribution in [0, 0.1) is 0 Å². The van der Waals surface area contributed by atoms with Crippen LogP contribution < -0.4 is 14.5 Å². The van der Waals surface area contributed by atoms with Crippen molar-refractivity contribution in [2.45, 2.75) is 13.3 Å². The van der Waals surface area contributed by atoms with Crippen molar-refractivity contribution in [1.82, 2.24) is 0 Å². The molecule has 27 heavy (non-hydrogen) atoms. The Morgan fingerprint density at radius 3 is 2.59 bits per heavy atom. The fourth-order valence-electron chi connectivity index (χ4n) is 3.15. The molecule has 7 nitrogen and oxygen atoms in total. The molecule has 1 aliphatic rings. The normalized spacial score (nSPS) is 13.2. The molecule has 1 aliphatic heterocycles. The van der Waals surface area contributed by atoms with Crippen LogP contribution >= 0.6 is 0 Å². The van der Waals surface area contributed by atoms with Gasteiger partial charge in [-0.1, -0.05) is 24.3 Å². The molecule has 3 rings (SSSR count). The topological polar surface area (TPSA) is 86.8 Å². The van der Waals surface area contributed by atoms with Crippen LogP contribution in [0.25, 0.3) is 0 Å². The van der Waals surface area contributed by atoms with Gasteiger partial charge in [0.2, 0.25) is 21.8 Å². The Hall–Kier alpha value is -2.87.